The Hall–Kier alpha value is -2.80. The second-order valence-corrected chi connectivity index (χ2v) is 4.30. The van der Waals surface area contributed by atoms with Gasteiger partial charge in [-0.15, -0.1) is 0 Å². The lowest BCUT2D eigenvalue weighted by molar-refractivity contribution is -0.387. The van der Waals surface area contributed by atoms with E-state index in [1.165, 1.54) is 6.07 Å². The van der Waals surface area contributed by atoms with Crippen LogP contribution in [0.15, 0.2) is 48.5 Å². The van der Waals surface area contributed by atoms with Gasteiger partial charge in [0.25, 0.3) is 0 Å². The first kappa shape index (κ1) is 14.6. The molecule has 0 bridgehead atoms. The van der Waals surface area contributed by atoms with Gasteiger partial charge in [0.2, 0.25) is 11.7 Å². The van der Waals surface area contributed by atoms with Crippen molar-refractivity contribution in [1.29, 1.82) is 0 Å². The van der Waals surface area contributed by atoms with Crippen molar-refractivity contribution in [2.45, 2.75) is 6.04 Å². The smallest absolute Gasteiger partial charge is 0.306 e. The number of rotatable bonds is 4. The van der Waals surface area contributed by atoms with Crippen molar-refractivity contribution in [3.8, 4) is 0 Å². The highest BCUT2D eigenvalue weighted by atomic mass is 19.1. The standard InChI is InChI=1S/C14H12FN3O3/c15-11-7-6-10(8-12(11)18(20)21)17-14(19)13(16)9-4-2-1-3-5-9/h1-8,13H,16H2,(H,17,19)/t13-/m0/s1. The zero-order valence-corrected chi connectivity index (χ0v) is 10.8. The maximum absolute atomic E-state index is 13.2. The van der Waals surface area contributed by atoms with Gasteiger partial charge < -0.3 is 11.1 Å². The molecule has 1 amide bonds. The van der Waals surface area contributed by atoms with Crippen molar-refractivity contribution in [1.82, 2.24) is 0 Å². The largest absolute Gasteiger partial charge is 0.324 e. The Balaban J connectivity index is 2.16. The highest BCUT2D eigenvalue weighted by molar-refractivity contribution is 5.95. The van der Waals surface area contributed by atoms with Crippen LogP contribution in [0.2, 0.25) is 0 Å². The van der Waals surface area contributed by atoms with Gasteiger partial charge in [-0.1, -0.05) is 30.3 Å². The first-order valence-electron chi connectivity index (χ1n) is 6.04. The molecule has 2 rings (SSSR count). The van der Waals surface area contributed by atoms with Crippen LogP contribution < -0.4 is 11.1 Å². The summed E-state index contributed by atoms with van der Waals surface area (Å²) < 4.78 is 13.2. The molecule has 0 aliphatic rings. The summed E-state index contributed by atoms with van der Waals surface area (Å²) >= 11 is 0. The summed E-state index contributed by atoms with van der Waals surface area (Å²) in [6, 6.07) is 10.8. The molecule has 0 fully saturated rings. The van der Waals surface area contributed by atoms with E-state index in [2.05, 4.69) is 5.32 Å². The number of nitrogens with two attached hydrogens (primary N) is 1. The van der Waals surface area contributed by atoms with Gasteiger partial charge in [0, 0.05) is 11.8 Å². The molecule has 0 aliphatic heterocycles. The number of carbonyl (C=O) groups excluding carboxylic acids is 1. The molecule has 2 aromatic carbocycles. The predicted octanol–water partition coefficient (Wildman–Crippen LogP) is 2.37. The number of benzene rings is 2. The van der Waals surface area contributed by atoms with Gasteiger partial charge in [-0.05, 0) is 17.7 Å². The van der Waals surface area contributed by atoms with Crippen molar-refractivity contribution in [2.75, 3.05) is 5.32 Å². The van der Waals surface area contributed by atoms with Crippen molar-refractivity contribution >= 4 is 17.3 Å². The SMILES string of the molecule is N[C@H](C(=O)Nc1ccc(F)c([N+](=O)[O-])c1)c1ccccc1. The molecule has 6 nitrogen and oxygen atoms in total. The van der Waals surface area contributed by atoms with E-state index in [0.29, 0.717) is 5.56 Å². The maximum Gasteiger partial charge on any atom is 0.306 e. The maximum atomic E-state index is 13.2. The third kappa shape index (κ3) is 3.40. The molecule has 0 unspecified atom stereocenters. The van der Waals surface area contributed by atoms with Gasteiger partial charge in [0.15, 0.2) is 0 Å². The van der Waals surface area contributed by atoms with Crippen LogP contribution in [0.4, 0.5) is 15.8 Å². The quantitative estimate of drug-likeness (QED) is 0.666. The number of nitro groups is 1. The lowest BCUT2D eigenvalue weighted by Crippen LogP contribution is -2.27. The molecular weight excluding hydrogens is 277 g/mol. The summed E-state index contributed by atoms with van der Waals surface area (Å²) in [6.45, 7) is 0. The van der Waals surface area contributed by atoms with Crippen LogP contribution in [0.1, 0.15) is 11.6 Å². The molecule has 0 saturated carbocycles. The van der Waals surface area contributed by atoms with E-state index >= 15 is 0 Å². The average molecular weight is 289 g/mol. The Morgan fingerprint density at radius 2 is 1.90 bits per heavy atom. The van der Waals surface area contributed by atoms with E-state index in [1.54, 1.807) is 30.3 Å². The molecule has 7 heteroatoms. The van der Waals surface area contributed by atoms with Crippen molar-refractivity contribution in [2.24, 2.45) is 5.73 Å². The summed E-state index contributed by atoms with van der Waals surface area (Å²) in [5, 5.41) is 13.1. The van der Waals surface area contributed by atoms with Crippen LogP contribution in [-0.2, 0) is 4.79 Å². The summed E-state index contributed by atoms with van der Waals surface area (Å²) in [6.07, 6.45) is 0. The minimum absolute atomic E-state index is 0.111. The third-order valence-corrected chi connectivity index (χ3v) is 2.85. The van der Waals surface area contributed by atoms with E-state index in [4.69, 9.17) is 5.73 Å². The highest BCUT2D eigenvalue weighted by Crippen LogP contribution is 2.22. The fourth-order valence-corrected chi connectivity index (χ4v) is 1.76. The molecule has 0 saturated heterocycles. The predicted molar refractivity (Wildman–Crippen MR) is 75.1 cm³/mol. The number of halogens is 1. The van der Waals surface area contributed by atoms with Crippen LogP contribution >= 0.6 is 0 Å². The Morgan fingerprint density at radius 3 is 2.52 bits per heavy atom. The third-order valence-electron chi connectivity index (χ3n) is 2.85. The fraction of sp³-hybridized carbons (Fsp3) is 0.0714. The zero-order valence-electron chi connectivity index (χ0n) is 10.8. The Labute approximate surface area is 119 Å². The Bertz CT molecular complexity index is 676. The van der Waals surface area contributed by atoms with E-state index < -0.39 is 28.4 Å². The molecule has 0 aliphatic carbocycles. The number of hydrogen-bond acceptors (Lipinski definition) is 4. The lowest BCUT2D eigenvalue weighted by atomic mass is 10.1. The van der Waals surface area contributed by atoms with Gasteiger partial charge in [0.05, 0.1) is 4.92 Å². The summed E-state index contributed by atoms with van der Waals surface area (Å²) in [7, 11) is 0. The van der Waals surface area contributed by atoms with Crippen molar-refractivity contribution in [3.63, 3.8) is 0 Å². The average Bonchev–Trinajstić information content (AvgIpc) is 2.49. The van der Waals surface area contributed by atoms with E-state index in [0.717, 1.165) is 12.1 Å². The lowest BCUT2D eigenvalue weighted by Gasteiger charge is -2.12. The molecular formula is C14H12FN3O3. The summed E-state index contributed by atoms with van der Waals surface area (Å²) in [4.78, 5) is 21.8. The summed E-state index contributed by atoms with van der Waals surface area (Å²) in [5.74, 6) is -1.51. The van der Waals surface area contributed by atoms with Gasteiger partial charge in [-0.25, -0.2) is 0 Å². The minimum Gasteiger partial charge on any atom is -0.324 e. The molecule has 2 aromatic rings. The number of nitrogens with zero attached hydrogens (tertiary/aromatic N) is 1. The van der Waals surface area contributed by atoms with Crippen LogP contribution in [0.3, 0.4) is 0 Å². The molecule has 1 atom stereocenters. The molecule has 0 aromatic heterocycles. The van der Waals surface area contributed by atoms with E-state index in [1.807, 2.05) is 0 Å². The van der Waals surface area contributed by atoms with Gasteiger partial charge in [0.1, 0.15) is 6.04 Å². The van der Waals surface area contributed by atoms with Crippen LogP contribution in [0.5, 0.6) is 0 Å². The number of anilines is 1. The number of nitrogens with one attached hydrogen (secondary N) is 1. The Morgan fingerprint density at radius 1 is 1.24 bits per heavy atom. The van der Waals surface area contributed by atoms with Crippen LogP contribution in [0.25, 0.3) is 0 Å². The second-order valence-electron chi connectivity index (χ2n) is 4.30. The van der Waals surface area contributed by atoms with Crippen molar-refractivity contribution in [3.05, 3.63) is 70.0 Å². The highest BCUT2D eigenvalue weighted by Gasteiger charge is 2.18. The number of hydrogen-bond donors (Lipinski definition) is 2. The van der Waals surface area contributed by atoms with Gasteiger partial charge in [-0.3, -0.25) is 14.9 Å². The van der Waals surface area contributed by atoms with Gasteiger partial charge >= 0.3 is 5.69 Å². The Kier molecular flexibility index (Phi) is 4.24. The molecule has 3 N–H and O–H groups in total. The van der Waals surface area contributed by atoms with E-state index in [9.17, 15) is 19.3 Å². The number of nitro benzene ring substituents is 1. The van der Waals surface area contributed by atoms with E-state index in [-0.39, 0.29) is 5.69 Å². The minimum atomic E-state index is -0.967. The molecule has 21 heavy (non-hydrogen) atoms. The normalized spacial score (nSPS) is 11.7. The first-order valence-corrected chi connectivity index (χ1v) is 6.04. The van der Waals surface area contributed by atoms with Crippen molar-refractivity contribution < 1.29 is 14.1 Å². The van der Waals surface area contributed by atoms with Crippen LogP contribution in [0, 0.1) is 15.9 Å². The molecule has 108 valence electrons. The molecule has 0 heterocycles. The molecule has 0 spiro atoms. The van der Waals surface area contributed by atoms with Crippen LogP contribution in [-0.4, -0.2) is 10.8 Å². The summed E-state index contributed by atoms with van der Waals surface area (Å²) in [5.41, 5.74) is 5.80. The second kappa shape index (κ2) is 6.10. The number of amides is 1. The topological polar surface area (TPSA) is 98.3 Å². The fourth-order valence-electron chi connectivity index (χ4n) is 1.76. The van der Waals surface area contributed by atoms with Gasteiger partial charge in [-0.2, -0.15) is 4.39 Å². The number of carbonyl (C=O) groups is 1. The molecule has 0 radical (unpaired) electrons. The zero-order chi connectivity index (χ0) is 15.4. The monoisotopic (exact) mass is 289 g/mol. The first-order chi connectivity index (χ1) is 9.99.